The zero-order chi connectivity index (χ0) is 13.0. The number of benzene rings is 1. The molecule has 96 valence electrons. The molecule has 0 spiro atoms. The molecule has 0 bridgehead atoms. The molecule has 0 aromatic heterocycles. The average Bonchev–Trinajstić information content (AvgIpc) is 2.14. The lowest BCUT2D eigenvalue weighted by Crippen LogP contribution is -2.09. The first-order valence-electron chi connectivity index (χ1n) is 6.36. The van der Waals surface area contributed by atoms with E-state index in [0.29, 0.717) is 5.92 Å². The van der Waals surface area contributed by atoms with Crippen LogP contribution in [0.15, 0.2) is 18.2 Å². The number of rotatable bonds is 5. The monoisotopic (exact) mass is 236 g/mol. The third-order valence-electron chi connectivity index (χ3n) is 2.31. The summed E-state index contributed by atoms with van der Waals surface area (Å²) < 4.78 is 11.5. The summed E-state index contributed by atoms with van der Waals surface area (Å²) in [4.78, 5) is 0. The predicted molar refractivity (Wildman–Crippen MR) is 72.1 cm³/mol. The molecule has 2 nitrogen and oxygen atoms in total. The second-order valence-electron chi connectivity index (χ2n) is 5.23. The van der Waals surface area contributed by atoms with Gasteiger partial charge in [-0.15, -0.1) is 0 Å². The maximum atomic E-state index is 5.75. The SMILES string of the molecule is CC(C)Oc1cc(OC(C)C)cc(C(C)C)c1. The fourth-order valence-corrected chi connectivity index (χ4v) is 1.61. The smallest absolute Gasteiger partial charge is 0.123 e. The van der Waals surface area contributed by atoms with E-state index in [4.69, 9.17) is 9.47 Å². The number of hydrogen-bond donors (Lipinski definition) is 0. The Bertz CT molecular complexity index is 326. The minimum Gasteiger partial charge on any atom is -0.491 e. The van der Waals surface area contributed by atoms with E-state index in [1.165, 1.54) is 5.56 Å². The van der Waals surface area contributed by atoms with Crippen molar-refractivity contribution >= 4 is 0 Å². The average molecular weight is 236 g/mol. The van der Waals surface area contributed by atoms with Gasteiger partial charge < -0.3 is 9.47 Å². The molecule has 2 heteroatoms. The molecule has 0 aliphatic carbocycles. The molecule has 0 atom stereocenters. The molecule has 0 radical (unpaired) electrons. The zero-order valence-electron chi connectivity index (χ0n) is 11.8. The van der Waals surface area contributed by atoms with E-state index in [1.54, 1.807) is 0 Å². The highest BCUT2D eigenvalue weighted by atomic mass is 16.5. The second kappa shape index (κ2) is 5.95. The van der Waals surface area contributed by atoms with Crippen LogP contribution in [0.5, 0.6) is 11.5 Å². The van der Waals surface area contributed by atoms with Crippen molar-refractivity contribution in [3.8, 4) is 11.5 Å². The Kier molecular flexibility index (Phi) is 4.86. The van der Waals surface area contributed by atoms with E-state index in [-0.39, 0.29) is 12.2 Å². The minimum atomic E-state index is 0.185. The van der Waals surface area contributed by atoms with Gasteiger partial charge in [-0.3, -0.25) is 0 Å². The van der Waals surface area contributed by atoms with E-state index in [1.807, 2.05) is 33.8 Å². The Balaban J connectivity index is 3.00. The van der Waals surface area contributed by atoms with Gasteiger partial charge in [-0.1, -0.05) is 13.8 Å². The van der Waals surface area contributed by atoms with Crippen molar-refractivity contribution in [3.63, 3.8) is 0 Å². The molecule has 0 N–H and O–H groups in total. The molecule has 17 heavy (non-hydrogen) atoms. The minimum absolute atomic E-state index is 0.185. The van der Waals surface area contributed by atoms with Gasteiger partial charge >= 0.3 is 0 Å². The van der Waals surface area contributed by atoms with E-state index < -0.39 is 0 Å². The molecule has 0 saturated heterocycles. The van der Waals surface area contributed by atoms with Gasteiger partial charge in [0.15, 0.2) is 0 Å². The molecule has 1 aromatic carbocycles. The largest absolute Gasteiger partial charge is 0.491 e. The van der Waals surface area contributed by atoms with Gasteiger partial charge in [-0.25, -0.2) is 0 Å². The quantitative estimate of drug-likeness (QED) is 0.755. The number of hydrogen-bond acceptors (Lipinski definition) is 2. The van der Waals surface area contributed by atoms with Gasteiger partial charge in [0.1, 0.15) is 11.5 Å². The van der Waals surface area contributed by atoms with Crippen LogP contribution in [-0.2, 0) is 0 Å². The van der Waals surface area contributed by atoms with Crippen molar-refractivity contribution in [1.82, 2.24) is 0 Å². The third-order valence-corrected chi connectivity index (χ3v) is 2.31. The molecule has 1 rings (SSSR count). The van der Waals surface area contributed by atoms with Crippen LogP contribution in [0.1, 0.15) is 53.0 Å². The molecule has 0 unspecified atom stereocenters. The van der Waals surface area contributed by atoms with Gasteiger partial charge in [0.2, 0.25) is 0 Å². The number of ether oxygens (including phenoxy) is 2. The van der Waals surface area contributed by atoms with Crippen LogP contribution in [0, 0.1) is 0 Å². The highest BCUT2D eigenvalue weighted by molar-refractivity contribution is 5.40. The van der Waals surface area contributed by atoms with Crippen LogP contribution < -0.4 is 9.47 Å². The molecule has 0 saturated carbocycles. The van der Waals surface area contributed by atoms with Gasteiger partial charge in [0, 0.05) is 6.07 Å². The molecular weight excluding hydrogens is 212 g/mol. The molecule has 1 aromatic rings. The van der Waals surface area contributed by atoms with Crippen molar-refractivity contribution < 1.29 is 9.47 Å². The third kappa shape index (κ3) is 4.68. The maximum Gasteiger partial charge on any atom is 0.123 e. The molecule has 0 amide bonds. The van der Waals surface area contributed by atoms with Gasteiger partial charge in [0.05, 0.1) is 12.2 Å². The van der Waals surface area contributed by atoms with Crippen molar-refractivity contribution in [2.75, 3.05) is 0 Å². The normalized spacial score (nSPS) is 11.4. The summed E-state index contributed by atoms with van der Waals surface area (Å²) in [6.45, 7) is 12.5. The van der Waals surface area contributed by atoms with Crippen LogP contribution >= 0.6 is 0 Å². The molecule has 0 heterocycles. The Morgan fingerprint density at radius 3 is 1.41 bits per heavy atom. The van der Waals surface area contributed by atoms with Crippen molar-refractivity contribution in [2.45, 2.75) is 59.7 Å². The van der Waals surface area contributed by atoms with Crippen molar-refractivity contribution in [1.29, 1.82) is 0 Å². The Labute approximate surface area is 105 Å². The Morgan fingerprint density at radius 1 is 0.706 bits per heavy atom. The van der Waals surface area contributed by atoms with Crippen LogP contribution in [0.4, 0.5) is 0 Å². The van der Waals surface area contributed by atoms with Crippen LogP contribution in [0.3, 0.4) is 0 Å². The Morgan fingerprint density at radius 2 is 1.12 bits per heavy atom. The van der Waals surface area contributed by atoms with E-state index in [2.05, 4.69) is 26.0 Å². The first-order chi connectivity index (χ1) is 7.88. The zero-order valence-corrected chi connectivity index (χ0v) is 11.8. The highest BCUT2D eigenvalue weighted by Gasteiger charge is 2.08. The molecule has 0 aliphatic rings. The fraction of sp³-hybridized carbons (Fsp3) is 0.600. The first-order valence-corrected chi connectivity index (χ1v) is 6.36. The second-order valence-corrected chi connectivity index (χ2v) is 5.23. The van der Waals surface area contributed by atoms with Crippen molar-refractivity contribution in [3.05, 3.63) is 23.8 Å². The summed E-state index contributed by atoms with van der Waals surface area (Å²) in [6.07, 6.45) is 0.369. The maximum absolute atomic E-state index is 5.75. The molecule has 0 aliphatic heterocycles. The summed E-state index contributed by atoms with van der Waals surface area (Å²) in [5.74, 6) is 2.25. The summed E-state index contributed by atoms with van der Waals surface area (Å²) in [5, 5.41) is 0. The lowest BCUT2D eigenvalue weighted by atomic mass is 10.0. The molecular formula is C15H24O2. The summed E-state index contributed by atoms with van der Waals surface area (Å²) in [5.41, 5.74) is 1.25. The van der Waals surface area contributed by atoms with Gasteiger partial charge in [-0.05, 0) is 51.3 Å². The highest BCUT2D eigenvalue weighted by Crippen LogP contribution is 2.28. The topological polar surface area (TPSA) is 18.5 Å². The lowest BCUT2D eigenvalue weighted by Gasteiger charge is -2.17. The lowest BCUT2D eigenvalue weighted by molar-refractivity contribution is 0.228. The standard InChI is InChI=1S/C15H24O2/c1-10(2)13-7-14(16-11(3)4)9-15(8-13)17-12(5)6/h7-12H,1-6H3. The van der Waals surface area contributed by atoms with Crippen LogP contribution in [0.25, 0.3) is 0 Å². The van der Waals surface area contributed by atoms with E-state index >= 15 is 0 Å². The van der Waals surface area contributed by atoms with E-state index in [0.717, 1.165) is 11.5 Å². The summed E-state index contributed by atoms with van der Waals surface area (Å²) in [7, 11) is 0. The first kappa shape index (κ1) is 13.9. The van der Waals surface area contributed by atoms with Crippen LogP contribution in [0.2, 0.25) is 0 Å². The Hall–Kier alpha value is -1.18. The summed E-state index contributed by atoms with van der Waals surface area (Å²) in [6, 6.07) is 6.15. The summed E-state index contributed by atoms with van der Waals surface area (Å²) >= 11 is 0. The van der Waals surface area contributed by atoms with Gasteiger partial charge in [-0.2, -0.15) is 0 Å². The van der Waals surface area contributed by atoms with Crippen LogP contribution in [-0.4, -0.2) is 12.2 Å². The molecule has 0 fully saturated rings. The van der Waals surface area contributed by atoms with Crippen molar-refractivity contribution in [2.24, 2.45) is 0 Å². The predicted octanol–water partition coefficient (Wildman–Crippen LogP) is 4.38. The van der Waals surface area contributed by atoms with E-state index in [9.17, 15) is 0 Å². The van der Waals surface area contributed by atoms with Gasteiger partial charge in [0.25, 0.3) is 0 Å². The fourth-order valence-electron chi connectivity index (χ4n) is 1.61.